The van der Waals surface area contributed by atoms with Gasteiger partial charge in [0, 0.05) is 13.0 Å². The molecule has 1 aromatic carbocycles. The third-order valence-electron chi connectivity index (χ3n) is 4.34. The molecular weight excluding hydrogens is 322 g/mol. The third-order valence-corrected chi connectivity index (χ3v) is 4.34. The number of ether oxygens (including phenoxy) is 2. The molecule has 1 heterocycles. The molecule has 138 valence electrons. The molecule has 2 atom stereocenters. The number of nitrogens with zero attached hydrogens (tertiary/aromatic N) is 1. The molecule has 1 fully saturated rings. The van der Waals surface area contributed by atoms with E-state index >= 15 is 0 Å². The van der Waals surface area contributed by atoms with E-state index in [-0.39, 0.29) is 19.3 Å². The van der Waals surface area contributed by atoms with E-state index in [1.165, 1.54) is 11.3 Å². The van der Waals surface area contributed by atoms with Crippen LogP contribution in [0.1, 0.15) is 44.6 Å². The van der Waals surface area contributed by atoms with Crippen LogP contribution in [0.5, 0.6) is 0 Å². The predicted octanol–water partition coefficient (Wildman–Crippen LogP) is 3.45. The molecular formula is C19H27NO5. The number of carboxylic acid groups (broad SMARTS) is 1. The van der Waals surface area contributed by atoms with Gasteiger partial charge >= 0.3 is 12.1 Å². The van der Waals surface area contributed by atoms with Crippen molar-refractivity contribution in [3.8, 4) is 0 Å². The first-order valence-electron chi connectivity index (χ1n) is 8.93. The van der Waals surface area contributed by atoms with Crippen LogP contribution >= 0.6 is 0 Å². The highest BCUT2D eigenvalue weighted by Gasteiger charge is 2.41. The topological polar surface area (TPSA) is 76.1 Å². The lowest BCUT2D eigenvalue weighted by atomic mass is 10.2. The van der Waals surface area contributed by atoms with Gasteiger partial charge in [-0.3, -0.25) is 4.90 Å². The lowest BCUT2D eigenvalue weighted by Gasteiger charge is -2.20. The number of hydrogen-bond acceptors (Lipinski definition) is 4. The number of carbonyl (C=O) groups is 2. The Bertz CT molecular complexity index is 548. The van der Waals surface area contributed by atoms with Gasteiger partial charge in [-0.25, -0.2) is 9.59 Å². The van der Waals surface area contributed by atoms with Gasteiger partial charge in [0.2, 0.25) is 0 Å². The minimum atomic E-state index is -1.02. The number of carbonyl (C=O) groups excluding carboxylic acids is 1. The quantitative estimate of drug-likeness (QED) is 0.691. The van der Waals surface area contributed by atoms with E-state index in [1.807, 2.05) is 30.3 Å². The maximum absolute atomic E-state index is 12.3. The van der Waals surface area contributed by atoms with Crippen molar-refractivity contribution in [1.82, 2.24) is 4.90 Å². The monoisotopic (exact) mass is 349 g/mol. The number of rotatable bonds is 9. The van der Waals surface area contributed by atoms with Gasteiger partial charge < -0.3 is 14.6 Å². The van der Waals surface area contributed by atoms with E-state index in [1.54, 1.807) is 0 Å². The van der Waals surface area contributed by atoms with Crippen LogP contribution in [0.4, 0.5) is 4.79 Å². The average molecular weight is 349 g/mol. The fourth-order valence-electron chi connectivity index (χ4n) is 2.94. The first-order valence-corrected chi connectivity index (χ1v) is 8.93. The Kier molecular flexibility index (Phi) is 7.73. The average Bonchev–Trinajstić information content (AvgIpc) is 3.05. The summed E-state index contributed by atoms with van der Waals surface area (Å²) in [5.41, 5.74) is 0.866. The van der Waals surface area contributed by atoms with Crippen molar-refractivity contribution < 1.29 is 24.2 Å². The van der Waals surface area contributed by atoms with Gasteiger partial charge in [0.15, 0.2) is 0 Å². The standard InChI is InChI=1S/C19H27NO5/c1-2-3-4-8-11-24-16-12-17(18(21)22)20(13-16)19(23)25-14-15-9-6-5-7-10-15/h5-7,9-10,16-17H,2-4,8,11-14H2,1H3,(H,21,22)/t16-,17-/m1/s1. The minimum absolute atomic E-state index is 0.130. The van der Waals surface area contributed by atoms with E-state index in [0.29, 0.717) is 13.0 Å². The Labute approximate surface area is 148 Å². The third kappa shape index (κ3) is 6.05. The molecule has 1 amide bonds. The second kappa shape index (κ2) is 10.0. The van der Waals surface area contributed by atoms with Crippen LogP contribution in [-0.4, -0.2) is 47.4 Å². The minimum Gasteiger partial charge on any atom is -0.480 e. The van der Waals surface area contributed by atoms with Gasteiger partial charge in [-0.2, -0.15) is 0 Å². The SMILES string of the molecule is CCCCCCO[C@@H]1C[C@H](C(=O)O)N(C(=O)OCc2ccccc2)C1. The fraction of sp³-hybridized carbons (Fsp3) is 0.579. The van der Waals surface area contributed by atoms with Gasteiger partial charge in [0.25, 0.3) is 0 Å². The molecule has 0 saturated carbocycles. The Morgan fingerprint density at radius 3 is 2.64 bits per heavy atom. The molecule has 0 bridgehead atoms. The zero-order valence-electron chi connectivity index (χ0n) is 14.7. The second-order valence-electron chi connectivity index (χ2n) is 6.34. The zero-order valence-corrected chi connectivity index (χ0v) is 14.7. The van der Waals surface area contributed by atoms with Crippen molar-refractivity contribution in [2.45, 2.75) is 57.8 Å². The van der Waals surface area contributed by atoms with E-state index in [2.05, 4.69) is 6.92 Å². The van der Waals surface area contributed by atoms with Gasteiger partial charge in [-0.15, -0.1) is 0 Å². The van der Waals surface area contributed by atoms with Crippen LogP contribution < -0.4 is 0 Å². The second-order valence-corrected chi connectivity index (χ2v) is 6.34. The normalized spacial score (nSPS) is 19.8. The molecule has 1 saturated heterocycles. The zero-order chi connectivity index (χ0) is 18.1. The summed E-state index contributed by atoms with van der Waals surface area (Å²) in [4.78, 5) is 25.0. The lowest BCUT2D eigenvalue weighted by molar-refractivity contribution is -0.141. The summed E-state index contributed by atoms with van der Waals surface area (Å²) in [6, 6.07) is 8.43. The molecule has 0 aliphatic carbocycles. The number of carboxylic acids is 1. The molecule has 0 aromatic heterocycles. The van der Waals surface area contributed by atoms with Crippen LogP contribution in [0.3, 0.4) is 0 Å². The smallest absolute Gasteiger partial charge is 0.410 e. The number of benzene rings is 1. The largest absolute Gasteiger partial charge is 0.480 e. The van der Waals surface area contributed by atoms with E-state index in [0.717, 1.165) is 24.8 Å². The molecule has 0 spiro atoms. The van der Waals surface area contributed by atoms with Gasteiger partial charge in [-0.05, 0) is 12.0 Å². The summed E-state index contributed by atoms with van der Waals surface area (Å²) in [6.07, 6.45) is 3.86. The predicted molar refractivity (Wildman–Crippen MR) is 93.3 cm³/mol. The Morgan fingerprint density at radius 1 is 1.20 bits per heavy atom. The van der Waals surface area contributed by atoms with Crippen LogP contribution in [-0.2, 0) is 20.9 Å². The van der Waals surface area contributed by atoms with Gasteiger partial charge in [0.1, 0.15) is 12.6 Å². The summed E-state index contributed by atoms with van der Waals surface area (Å²) >= 11 is 0. The molecule has 1 N–H and O–H groups in total. The summed E-state index contributed by atoms with van der Waals surface area (Å²) in [5, 5.41) is 9.37. The fourth-order valence-corrected chi connectivity index (χ4v) is 2.94. The van der Waals surface area contributed by atoms with Gasteiger partial charge in [0.05, 0.1) is 12.6 Å². The van der Waals surface area contributed by atoms with Crippen molar-refractivity contribution in [3.05, 3.63) is 35.9 Å². The number of likely N-dealkylation sites (tertiary alicyclic amines) is 1. The first kappa shape index (κ1) is 19.2. The first-order chi connectivity index (χ1) is 12.1. The van der Waals surface area contributed by atoms with Crippen LogP contribution in [0.2, 0.25) is 0 Å². The summed E-state index contributed by atoms with van der Waals surface area (Å²) in [7, 11) is 0. The maximum atomic E-state index is 12.3. The summed E-state index contributed by atoms with van der Waals surface area (Å²) < 4.78 is 11.0. The maximum Gasteiger partial charge on any atom is 0.410 e. The van der Waals surface area contributed by atoms with Crippen molar-refractivity contribution >= 4 is 12.1 Å². The Hall–Kier alpha value is -2.08. The van der Waals surface area contributed by atoms with Gasteiger partial charge in [-0.1, -0.05) is 56.5 Å². The molecule has 6 nitrogen and oxygen atoms in total. The summed E-state index contributed by atoms with van der Waals surface area (Å²) in [6.45, 7) is 3.14. The molecule has 2 rings (SSSR count). The highest BCUT2D eigenvalue weighted by molar-refractivity contribution is 5.80. The van der Waals surface area contributed by atoms with E-state index in [9.17, 15) is 14.7 Å². The number of aliphatic carboxylic acids is 1. The van der Waals surface area contributed by atoms with E-state index in [4.69, 9.17) is 9.47 Å². The lowest BCUT2D eigenvalue weighted by Crippen LogP contribution is -2.40. The van der Waals surface area contributed by atoms with Crippen LogP contribution in [0, 0.1) is 0 Å². The molecule has 0 unspecified atom stereocenters. The van der Waals surface area contributed by atoms with Crippen molar-refractivity contribution in [2.75, 3.05) is 13.2 Å². The molecule has 25 heavy (non-hydrogen) atoms. The molecule has 6 heteroatoms. The molecule has 1 aliphatic heterocycles. The highest BCUT2D eigenvalue weighted by atomic mass is 16.6. The Balaban J connectivity index is 1.82. The van der Waals surface area contributed by atoms with Crippen LogP contribution in [0.25, 0.3) is 0 Å². The molecule has 1 aromatic rings. The number of amides is 1. The highest BCUT2D eigenvalue weighted by Crippen LogP contribution is 2.22. The van der Waals surface area contributed by atoms with Crippen LogP contribution in [0.15, 0.2) is 30.3 Å². The molecule has 1 aliphatic rings. The summed E-state index contributed by atoms with van der Waals surface area (Å²) in [5.74, 6) is -1.02. The Morgan fingerprint density at radius 2 is 1.96 bits per heavy atom. The molecule has 0 radical (unpaired) electrons. The van der Waals surface area contributed by atoms with Crippen molar-refractivity contribution in [3.63, 3.8) is 0 Å². The van der Waals surface area contributed by atoms with Crippen molar-refractivity contribution in [2.24, 2.45) is 0 Å². The number of unbranched alkanes of at least 4 members (excludes halogenated alkanes) is 3. The number of hydrogen-bond donors (Lipinski definition) is 1. The van der Waals surface area contributed by atoms with E-state index < -0.39 is 18.1 Å². The van der Waals surface area contributed by atoms with Crippen molar-refractivity contribution in [1.29, 1.82) is 0 Å².